The third-order valence-electron chi connectivity index (χ3n) is 4.16. The number of hydrogen-bond donors (Lipinski definition) is 2. The summed E-state index contributed by atoms with van der Waals surface area (Å²) in [5, 5.41) is 0. The van der Waals surface area contributed by atoms with Crippen molar-refractivity contribution in [3.05, 3.63) is 18.3 Å². The van der Waals surface area contributed by atoms with Crippen LogP contribution in [-0.4, -0.2) is 19.2 Å². The van der Waals surface area contributed by atoms with Gasteiger partial charge in [0.15, 0.2) is 5.82 Å². The molecule has 1 aliphatic carbocycles. The summed E-state index contributed by atoms with van der Waals surface area (Å²) in [6, 6.07) is 0.310. The van der Waals surface area contributed by atoms with Gasteiger partial charge in [-0.25, -0.2) is 14.6 Å². The first kappa shape index (κ1) is 13.0. The minimum absolute atomic E-state index is 0.310. The van der Waals surface area contributed by atoms with Crippen LogP contribution in [0.25, 0.3) is 11.4 Å². The summed E-state index contributed by atoms with van der Waals surface area (Å²) in [5.41, 5.74) is 7.85. The SMILES string of the molecule is CC(C)n1cncc1-c1nc(C2CCCC2)n(N)c1N. The van der Waals surface area contributed by atoms with Crippen LogP contribution < -0.4 is 11.6 Å². The summed E-state index contributed by atoms with van der Waals surface area (Å²) >= 11 is 0. The van der Waals surface area contributed by atoms with E-state index in [2.05, 4.69) is 23.4 Å². The molecule has 3 rings (SSSR count). The highest BCUT2D eigenvalue weighted by Crippen LogP contribution is 2.36. The molecule has 0 atom stereocenters. The van der Waals surface area contributed by atoms with Crippen LogP contribution in [0.1, 0.15) is 57.3 Å². The maximum atomic E-state index is 6.17. The maximum Gasteiger partial charge on any atom is 0.152 e. The molecule has 20 heavy (non-hydrogen) atoms. The Kier molecular flexibility index (Phi) is 3.16. The summed E-state index contributed by atoms with van der Waals surface area (Å²) in [6.07, 6.45) is 8.40. The van der Waals surface area contributed by atoms with Gasteiger partial charge in [-0.15, -0.1) is 0 Å². The molecule has 1 fully saturated rings. The van der Waals surface area contributed by atoms with Crippen molar-refractivity contribution in [2.24, 2.45) is 0 Å². The molecule has 0 radical (unpaired) electrons. The number of hydrogen-bond acceptors (Lipinski definition) is 4. The van der Waals surface area contributed by atoms with Gasteiger partial charge < -0.3 is 16.1 Å². The molecule has 1 saturated carbocycles. The normalized spacial score (nSPS) is 16.4. The number of anilines is 1. The maximum absolute atomic E-state index is 6.17. The monoisotopic (exact) mass is 274 g/mol. The summed E-state index contributed by atoms with van der Waals surface area (Å²) in [6.45, 7) is 4.22. The van der Waals surface area contributed by atoms with Gasteiger partial charge >= 0.3 is 0 Å². The summed E-state index contributed by atoms with van der Waals surface area (Å²) in [4.78, 5) is 8.94. The molecule has 0 aromatic carbocycles. The van der Waals surface area contributed by atoms with Crippen LogP contribution in [0.4, 0.5) is 5.82 Å². The Morgan fingerprint density at radius 1 is 1.30 bits per heavy atom. The first-order chi connectivity index (χ1) is 9.59. The highest BCUT2D eigenvalue weighted by Gasteiger charge is 2.26. The fourth-order valence-electron chi connectivity index (χ4n) is 3.02. The Morgan fingerprint density at radius 3 is 2.65 bits per heavy atom. The van der Waals surface area contributed by atoms with E-state index in [0.29, 0.717) is 17.8 Å². The van der Waals surface area contributed by atoms with Gasteiger partial charge in [-0.1, -0.05) is 12.8 Å². The predicted octanol–water partition coefficient (Wildman–Crippen LogP) is 2.28. The summed E-state index contributed by atoms with van der Waals surface area (Å²) in [5.74, 6) is 7.98. The molecule has 6 heteroatoms. The van der Waals surface area contributed by atoms with Crippen LogP contribution in [0.5, 0.6) is 0 Å². The molecule has 0 bridgehead atoms. The van der Waals surface area contributed by atoms with Crippen molar-refractivity contribution >= 4 is 5.82 Å². The molecule has 0 saturated heterocycles. The molecule has 0 amide bonds. The largest absolute Gasteiger partial charge is 0.382 e. The number of nitrogen functional groups attached to an aromatic ring is 2. The van der Waals surface area contributed by atoms with Crippen LogP contribution >= 0.6 is 0 Å². The lowest BCUT2D eigenvalue weighted by Crippen LogP contribution is -2.17. The molecule has 6 nitrogen and oxygen atoms in total. The van der Waals surface area contributed by atoms with Crippen molar-refractivity contribution in [1.82, 2.24) is 19.2 Å². The first-order valence-corrected chi connectivity index (χ1v) is 7.25. The van der Waals surface area contributed by atoms with E-state index < -0.39 is 0 Å². The zero-order valence-electron chi connectivity index (χ0n) is 12.1. The van der Waals surface area contributed by atoms with E-state index in [4.69, 9.17) is 16.6 Å². The quantitative estimate of drug-likeness (QED) is 0.840. The fraction of sp³-hybridized carbons (Fsp3) is 0.571. The Morgan fingerprint density at radius 2 is 2.00 bits per heavy atom. The van der Waals surface area contributed by atoms with Crippen LogP contribution in [-0.2, 0) is 0 Å². The molecule has 108 valence electrons. The lowest BCUT2D eigenvalue weighted by Gasteiger charge is -2.10. The number of imidazole rings is 2. The van der Waals surface area contributed by atoms with Crippen LogP contribution in [0.3, 0.4) is 0 Å². The fourth-order valence-corrected chi connectivity index (χ4v) is 3.02. The minimum Gasteiger partial charge on any atom is -0.382 e. The van der Waals surface area contributed by atoms with Gasteiger partial charge in [-0.2, -0.15) is 0 Å². The Labute approximate surface area is 118 Å². The molecule has 0 aliphatic heterocycles. The molecule has 2 heterocycles. The zero-order chi connectivity index (χ0) is 14.3. The smallest absolute Gasteiger partial charge is 0.152 e. The Balaban J connectivity index is 2.06. The molecule has 2 aromatic rings. The standard InChI is InChI=1S/C14H22N6/c1-9(2)19-8-17-7-11(19)12-13(15)20(16)14(18-12)10-5-3-4-6-10/h7-10H,3-6,15-16H2,1-2H3. The number of aromatic nitrogens is 4. The summed E-state index contributed by atoms with van der Waals surface area (Å²) < 4.78 is 3.63. The molecule has 1 aliphatic rings. The second kappa shape index (κ2) is 4.85. The highest BCUT2D eigenvalue weighted by atomic mass is 15.4. The van der Waals surface area contributed by atoms with Gasteiger partial charge in [0.1, 0.15) is 11.5 Å². The lowest BCUT2D eigenvalue weighted by atomic mass is 10.1. The van der Waals surface area contributed by atoms with Crippen molar-refractivity contribution in [3.63, 3.8) is 0 Å². The lowest BCUT2D eigenvalue weighted by molar-refractivity contribution is 0.604. The van der Waals surface area contributed by atoms with Crippen LogP contribution in [0.2, 0.25) is 0 Å². The average Bonchev–Trinajstić information content (AvgIpc) is 3.11. The number of nitrogens with zero attached hydrogens (tertiary/aromatic N) is 4. The van der Waals surface area contributed by atoms with Gasteiger partial charge in [-0.05, 0) is 26.7 Å². The third kappa shape index (κ3) is 1.95. The third-order valence-corrected chi connectivity index (χ3v) is 4.16. The van der Waals surface area contributed by atoms with Crippen molar-refractivity contribution in [2.75, 3.05) is 11.6 Å². The first-order valence-electron chi connectivity index (χ1n) is 7.25. The van der Waals surface area contributed by atoms with Crippen molar-refractivity contribution < 1.29 is 0 Å². The molecular formula is C14H22N6. The van der Waals surface area contributed by atoms with Gasteiger partial charge in [0.05, 0.1) is 18.2 Å². The van der Waals surface area contributed by atoms with Gasteiger partial charge in [-0.3, -0.25) is 0 Å². The second-order valence-electron chi connectivity index (χ2n) is 5.84. The van der Waals surface area contributed by atoms with Crippen LogP contribution in [0.15, 0.2) is 12.5 Å². The minimum atomic E-state index is 0.310. The van der Waals surface area contributed by atoms with Crippen molar-refractivity contribution in [3.8, 4) is 11.4 Å². The molecular weight excluding hydrogens is 252 g/mol. The number of nitrogens with two attached hydrogens (primary N) is 2. The van der Waals surface area contributed by atoms with Gasteiger partial charge in [0.25, 0.3) is 0 Å². The topological polar surface area (TPSA) is 87.7 Å². The van der Waals surface area contributed by atoms with E-state index in [-0.39, 0.29) is 0 Å². The molecule has 0 spiro atoms. The average molecular weight is 274 g/mol. The van der Waals surface area contributed by atoms with Gasteiger partial charge in [0.2, 0.25) is 0 Å². The van der Waals surface area contributed by atoms with E-state index in [1.54, 1.807) is 10.9 Å². The molecule has 4 N–H and O–H groups in total. The highest BCUT2D eigenvalue weighted by molar-refractivity contribution is 5.68. The van der Waals surface area contributed by atoms with E-state index in [9.17, 15) is 0 Å². The second-order valence-corrected chi connectivity index (χ2v) is 5.84. The van der Waals surface area contributed by atoms with E-state index >= 15 is 0 Å². The molecule has 2 aromatic heterocycles. The van der Waals surface area contributed by atoms with Crippen LogP contribution in [0, 0.1) is 0 Å². The molecule has 0 unspecified atom stereocenters. The van der Waals surface area contributed by atoms with Crippen molar-refractivity contribution in [1.29, 1.82) is 0 Å². The Bertz CT molecular complexity index is 603. The number of rotatable bonds is 3. The zero-order valence-corrected chi connectivity index (χ0v) is 12.1. The predicted molar refractivity (Wildman–Crippen MR) is 79.6 cm³/mol. The Hall–Kier alpha value is -1.98. The van der Waals surface area contributed by atoms with E-state index in [1.807, 2.05) is 6.33 Å². The van der Waals surface area contributed by atoms with Crippen molar-refractivity contribution in [2.45, 2.75) is 51.5 Å². The van der Waals surface area contributed by atoms with Gasteiger partial charge in [0, 0.05) is 12.0 Å². The summed E-state index contributed by atoms with van der Waals surface area (Å²) in [7, 11) is 0. The van der Waals surface area contributed by atoms with E-state index in [0.717, 1.165) is 30.1 Å². The van der Waals surface area contributed by atoms with E-state index in [1.165, 1.54) is 12.8 Å².